The van der Waals surface area contributed by atoms with Crippen LogP contribution < -0.4 is 0 Å². The van der Waals surface area contributed by atoms with Gasteiger partial charge in [-0.25, -0.2) is 0 Å². The van der Waals surface area contributed by atoms with Crippen LogP contribution in [0.25, 0.3) is 0 Å². The van der Waals surface area contributed by atoms with E-state index in [2.05, 4.69) is 58.3 Å². The molecule has 0 atom stereocenters. The van der Waals surface area contributed by atoms with Gasteiger partial charge in [0.2, 0.25) is 0 Å². The van der Waals surface area contributed by atoms with Crippen molar-refractivity contribution in [1.82, 2.24) is 0 Å². The smallest absolute Gasteiger partial charge is 0.0133 e. The van der Waals surface area contributed by atoms with Gasteiger partial charge in [0.15, 0.2) is 0 Å². The summed E-state index contributed by atoms with van der Waals surface area (Å²) < 4.78 is 0. The van der Waals surface area contributed by atoms with Gasteiger partial charge in [-0.05, 0) is 69.1 Å². The molecule has 2 rings (SSSR count). The van der Waals surface area contributed by atoms with Crippen molar-refractivity contribution in [3.63, 3.8) is 0 Å². The minimum absolute atomic E-state index is 0.537. The second kappa shape index (κ2) is 3.81. The maximum atomic E-state index is 2.24. The SMILES string of the molecule is CC([C]1[CH][CH][CH][CH]1)[C]1[CH][CH][CH][CH]1. The monoisotopic (exact) mass is 156 g/mol. The van der Waals surface area contributed by atoms with Gasteiger partial charge in [-0.3, -0.25) is 0 Å². The molecular weight excluding hydrogens is 144 g/mol. The highest BCUT2D eigenvalue weighted by molar-refractivity contribution is 5.45. The van der Waals surface area contributed by atoms with Gasteiger partial charge in [0.25, 0.3) is 0 Å². The zero-order valence-corrected chi connectivity index (χ0v) is 7.20. The third-order valence-corrected chi connectivity index (χ3v) is 2.38. The predicted octanol–water partition coefficient (Wildman–Crippen LogP) is 2.43. The summed E-state index contributed by atoms with van der Waals surface area (Å²) in [4.78, 5) is 0. The van der Waals surface area contributed by atoms with E-state index in [4.69, 9.17) is 0 Å². The van der Waals surface area contributed by atoms with Gasteiger partial charge in [0.1, 0.15) is 0 Å². The van der Waals surface area contributed by atoms with Crippen LogP contribution in [0.2, 0.25) is 0 Å². The average Bonchev–Trinajstić information content (AvgIpc) is 2.77. The third-order valence-electron chi connectivity index (χ3n) is 2.38. The maximum absolute atomic E-state index is 2.24. The molecule has 0 N–H and O–H groups in total. The summed E-state index contributed by atoms with van der Waals surface area (Å²) in [6.45, 7) is 2.24. The number of hydrogen-bond donors (Lipinski definition) is 0. The quantitative estimate of drug-likeness (QED) is 0.576. The minimum atomic E-state index is 0.537. The van der Waals surface area contributed by atoms with E-state index in [1.165, 1.54) is 11.8 Å². The Morgan fingerprint density at radius 3 is 1.42 bits per heavy atom. The van der Waals surface area contributed by atoms with Crippen molar-refractivity contribution < 1.29 is 0 Å². The molecule has 60 valence electrons. The second-order valence-electron chi connectivity index (χ2n) is 3.16. The summed E-state index contributed by atoms with van der Waals surface area (Å²) in [5, 5.41) is 0. The molecule has 0 aromatic heterocycles. The van der Waals surface area contributed by atoms with E-state index in [9.17, 15) is 0 Å². The number of rotatable bonds is 2. The molecule has 0 aromatic rings. The van der Waals surface area contributed by atoms with Crippen molar-refractivity contribution in [2.75, 3.05) is 0 Å². The molecule has 0 aromatic carbocycles. The lowest BCUT2D eigenvalue weighted by Gasteiger charge is -2.23. The predicted molar refractivity (Wildman–Crippen MR) is 50.1 cm³/mol. The second-order valence-corrected chi connectivity index (χ2v) is 3.16. The normalized spacial score (nSPS) is 27.5. The van der Waals surface area contributed by atoms with Crippen molar-refractivity contribution >= 4 is 0 Å². The van der Waals surface area contributed by atoms with Crippen molar-refractivity contribution in [3.8, 4) is 0 Å². The molecule has 2 aliphatic rings. The molecule has 0 bridgehead atoms. The molecule has 2 fully saturated rings. The Morgan fingerprint density at radius 2 is 1.08 bits per heavy atom. The van der Waals surface area contributed by atoms with Gasteiger partial charge in [-0.1, -0.05) is 6.92 Å². The van der Waals surface area contributed by atoms with E-state index in [1.807, 2.05) is 0 Å². The Kier molecular flexibility index (Phi) is 2.73. The zero-order valence-electron chi connectivity index (χ0n) is 7.20. The van der Waals surface area contributed by atoms with Crippen LogP contribution in [0.1, 0.15) is 6.92 Å². The van der Waals surface area contributed by atoms with Crippen LogP contribution in [-0.4, -0.2) is 0 Å². The molecule has 0 spiro atoms. The van der Waals surface area contributed by atoms with Crippen LogP contribution in [0.4, 0.5) is 0 Å². The largest absolute Gasteiger partial charge is 0.0614 e. The van der Waals surface area contributed by atoms with E-state index >= 15 is 0 Å². The molecule has 2 saturated carbocycles. The maximum Gasteiger partial charge on any atom is -0.0133 e. The van der Waals surface area contributed by atoms with Gasteiger partial charge in [-0.2, -0.15) is 0 Å². The van der Waals surface area contributed by atoms with Gasteiger partial charge < -0.3 is 0 Å². The summed E-state index contributed by atoms with van der Waals surface area (Å²) >= 11 is 0. The highest BCUT2D eigenvalue weighted by Gasteiger charge is 2.31. The highest BCUT2D eigenvalue weighted by atomic mass is 14.3. The lowest BCUT2D eigenvalue weighted by Crippen LogP contribution is -2.14. The van der Waals surface area contributed by atoms with Crippen molar-refractivity contribution in [2.45, 2.75) is 6.92 Å². The Bertz CT molecular complexity index is 111. The first-order valence-electron chi connectivity index (χ1n) is 4.31. The summed E-state index contributed by atoms with van der Waals surface area (Å²) in [6, 6.07) is 0. The number of hydrogen-bond acceptors (Lipinski definition) is 0. The summed E-state index contributed by atoms with van der Waals surface area (Å²) in [5.74, 6) is 3.34. The van der Waals surface area contributed by atoms with E-state index in [1.54, 1.807) is 0 Å². The minimum Gasteiger partial charge on any atom is -0.0614 e. The molecular formula is C12H12. The van der Waals surface area contributed by atoms with Crippen LogP contribution >= 0.6 is 0 Å². The molecule has 0 heterocycles. The van der Waals surface area contributed by atoms with Gasteiger partial charge in [0.05, 0.1) is 0 Å². The lowest BCUT2D eigenvalue weighted by atomic mass is 9.81. The first-order chi connectivity index (χ1) is 5.88. The molecule has 0 saturated heterocycles. The molecule has 0 unspecified atom stereocenters. The van der Waals surface area contributed by atoms with Crippen molar-refractivity contribution in [1.29, 1.82) is 0 Å². The fraction of sp³-hybridized carbons (Fsp3) is 0.167. The summed E-state index contributed by atoms with van der Waals surface area (Å²) in [5.41, 5.74) is 0. The van der Waals surface area contributed by atoms with Crippen LogP contribution in [-0.2, 0) is 0 Å². The summed E-state index contributed by atoms with van der Waals surface area (Å²) in [7, 11) is 0. The Morgan fingerprint density at radius 1 is 0.750 bits per heavy atom. The molecule has 0 aliphatic heterocycles. The Balaban J connectivity index is 1.84. The van der Waals surface area contributed by atoms with Crippen LogP contribution in [0.3, 0.4) is 0 Å². The zero-order chi connectivity index (χ0) is 8.39. The average molecular weight is 156 g/mol. The van der Waals surface area contributed by atoms with Crippen LogP contribution in [0, 0.1) is 69.1 Å². The molecule has 0 amide bonds. The van der Waals surface area contributed by atoms with E-state index in [0.29, 0.717) is 5.92 Å². The fourth-order valence-electron chi connectivity index (χ4n) is 1.55. The van der Waals surface area contributed by atoms with Gasteiger partial charge in [0, 0.05) is 0 Å². The van der Waals surface area contributed by atoms with E-state index in [-0.39, 0.29) is 0 Å². The van der Waals surface area contributed by atoms with Crippen molar-refractivity contribution in [2.24, 2.45) is 5.92 Å². The van der Waals surface area contributed by atoms with Gasteiger partial charge >= 0.3 is 0 Å². The van der Waals surface area contributed by atoms with Crippen molar-refractivity contribution in [3.05, 3.63) is 63.2 Å². The standard InChI is InChI=1S/C12H12/c1-10(11-6-2-3-7-11)12-8-4-5-9-12/h2-10H,1H3. The highest BCUT2D eigenvalue weighted by Crippen LogP contribution is 2.40. The van der Waals surface area contributed by atoms with Crippen LogP contribution in [0.15, 0.2) is 0 Å². The Labute approximate surface area is 76.7 Å². The van der Waals surface area contributed by atoms with Crippen LogP contribution in [0.5, 0.6) is 0 Å². The molecule has 10 radical (unpaired) electrons. The third kappa shape index (κ3) is 1.67. The van der Waals surface area contributed by atoms with E-state index in [0.717, 1.165) is 0 Å². The first kappa shape index (κ1) is 8.59. The molecule has 0 heteroatoms. The fourth-order valence-corrected chi connectivity index (χ4v) is 1.55. The van der Waals surface area contributed by atoms with E-state index < -0.39 is 0 Å². The summed E-state index contributed by atoms with van der Waals surface area (Å²) in [6.07, 6.45) is 17.1. The molecule has 12 heavy (non-hydrogen) atoms. The molecule has 2 aliphatic carbocycles. The molecule has 0 nitrogen and oxygen atoms in total. The Hall–Kier alpha value is 0. The van der Waals surface area contributed by atoms with Gasteiger partial charge in [-0.15, -0.1) is 0 Å². The lowest BCUT2D eigenvalue weighted by molar-refractivity contribution is 0.689. The topological polar surface area (TPSA) is 0 Å². The first-order valence-corrected chi connectivity index (χ1v) is 4.31.